The van der Waals surface area contributed by atoms with E-state index >= 15 is 0 Å². The molecule has 0 heterocycles. The van der Waals surface area contributed by atoms with E-state index in [2.05, 4.69) is 446 Å². The number of benzene rings is 15. The lowest BCUT2D eigenvalue weighted by Gasteiger charge is -2.09. The van der Waals surface area contributed by atoms with Gasteiger partial charge in [-0.25, -0.2) is 0 Å². The average molecular weight is 1860 g/mol. The fourth-order valence-corrected chi connectivity index (χ4v) is 15.3. The fourth-order valence-electron chi connectivity index (χ4n) is 15.3. The van der Waals surface area contributed by atoms with Crippen molar-refractivity contribution >= 4 is 64.6 Å². The van der Waals surface area contributed by atoms with Gasteiger partial charge in [0.2, 0.25) is 0 Å². The fraction of sp³-hybridized carbons (Fsp3) is 0.409. The van der Waals surface area contributed by atoms with Gasteiger partial charge in [0.1, 0.15) is 0 Å². The van der Waals surface area contributed by atoms with E-state index in [1.807, 2.05) is 125 Å². The van der Waals surface area contributed by atoms with Crippen molar-refractivity contribution in [3.8, 4) is 33.4 Å². The molecule has 0 saturated heterocycles. The molecule has 0 spiro atoms. The molecule has 0 saturated carbocycles. The summed E-state index contributed by atoms with van der Waals surface area (Å²) in [5, 5.41) is 16.0. The third kappa shape index (κ3) is 40.4. The predicted octanol–water partition coefficient (Wildman–Crippen LogP) is 36.4. The number of hydrogen-bond acceptors (Lipinski definition) is 6. The van der Waals surface area contributed by atoms with Crippen LogP contribution >= 0.6 is 0 Å². The number of fused-ring (bicyclic) bond motifs is 17. The molecule has 0 unspecified atom stereocenters. The second-order valence-electron chi connectivity index (χ2n) is 32.5. The van der Waals surface area contributed by atoms with E-state index in [0.717, 1.165) is 117 Å². The van der Waals surface area contributed by atoms with Crippen LogP contribution < -0.4 is 0 Å². The van der Waals surface area contributed by atoms with Gasteiger partial charge in [0, 0.05) is 0 Å². The van der Waals surface area contributed by atoms with Gasteiger partial charge in [0.15, 0.2) is 0 Å². The van der Waals surface area contributed by atoms with Gasteiger partial charge in [0.25, 0.3) is 0 Å². The second kappa shape index (κ2) is 74.6. The minimum atomic E-state index is 0.986. The normalized spacial score (nSPS) is 10.5. The smallest absolute Gasteiger partial charge is 0.00132 e. The van der Waals surface area contributed by atoms with Gasteiger partial charge in [-0.3, -0.25) is 0 Å². The van der Waals surface area contributed by atoms with E-state index in [0.29, 0.717) is 0 Å². The molecule has 0 aromatic heterocycles. The Labute approximate surface area is 846 Å². The van der Waals surface area contributed by atoms with E-state index in [-0.39, 0.29) is 0 Å². The van der Waals surface area contributed by atoms with Crippen molar-refractivity contribution in [3.63, 3.8) is 0 Å². The van der Waals surface area contributed by atoms with Crippen LogP contribution in [-0.4, -0.2) is 150 Å². The molecule has 0 radical (unpaired) electrons. The summed E-state index contributed by atoms with van der Waals surface area (Å²) in [6.07, 6.45) is 6.08. The lowest BCUT2D eigenvalue weighted by Crippen LogP contribution is -2.15. The maximum Gasteiger partial charge on any atom is -0.00132 e. The zero-order valence-corrected chi connectivity index (χ0v) is 94.1. The third-order valence-corrected chi connectivity index (χ3v) is 24.6. The van der Waals surface area contributed by atoms with Crippen molar-refractivity contribution in [3.05, 3.63) is 358 Å². The molecule has 18 rings (SSSR count). The topological polar surface area (TPSA) is 19.4 Å². The number of nitrogens with zero attached hydrogens (tertiary/aromatic N) is 6. The zero-order valence-electron chi connectivity index (χ0n) is 94.1. The SMILES string of the molecule is CC.CC.CC.CC.CC.CC.CC.CC.CC.CCN(C)CC.CCN(C)CC.CCN(C)CC.CCN(C)CC.CCN(C)CC.CCN(C)CC.c1ccc(Cc2ccc3c(c2)-c2cc4c(ccc5ccccc54)cc2C3)cc1.c1ccc(Cc2ccc3c(c2)-c2cc4cc5ccccc5cc4cc2C3)cc1.c1ccc(Cc2ccc3c(c2)-c2cc4ccc5ccccc5c4cc2C3)cc1. The van der Waals surface area contributed by atoms with Crippen molar-refractivity contribution in [2.24, 2.45) is 0 Å². The van der Waals surface area contributed by atoms with E-state index in [1.165, 1.54) is 165 Å². The quantitative estimate of drug-likeness (QED) is 0.0625. The molecular formula is C132H192N6. The summed E-state index contributed by atoms with van der Waals surface area (Å²) in [6.45, 7) is 75.8. The lowest BCUT2D eigenvalue weighted by atomic mass is 9.95. The van der Waals surface area contributed by atoms with Gasteiger partial charge in [-0.05, 0) is 361 Å². The van der Waals surface area contributed by atoms with Gasteiger partial charge in [-0.15, -0.1) is 0 Å². The molecule has 138 heavy (non-hydrogen) atoms. The summed E-state index contributed by atoms with van der Waals surface area (Å²) in [7, 11) is 12.7. The highest BCUT2D eigenvalue weighted by Crippen LogP contribution is 2.45. The van der Waals surface area contributed by atoms with Gasteiger partial charge in [-0.1, -0.05) is 462 Å². The Morgan fingerprint density at radius 1 is 0.152 bits per heavy atom. The van der Waals surface area contributed by atoms with E-state index in [1.54, 1.807) is 0 Å². The molecule has 15 aromatic carbocycles. The third-order valence-electron chi connectivity index (χ3n) is 24.6. The molecule has 0 bridgehead atoms. The summed E-state index contributed by atoms with van der Waals surface area (Å²) in [4.78, 5) is 13.5. The highest BCUT2D eigenvalue weighted by molar-refractivity contribution is 6.11. The van der Waals surface area contributed by atoms with Crippen molar-refractivity contribution in [1.29, 1.82) is 0 Å². The number of rotatable bonds is 18. The predicted molar refractivity (Wildman–Crippen MR) is 632 cm³/mol. The van der Waals surface area contributed by atoms with Crippen LogP contribution in [0.2, 0.25) is 0 Å². The minimum Gasteiger partial charge on any atom is -0.307 e. The molecule has 750 valence electrons. The van der Waals surface area contributed by atoms with Gasteiger partial charge in [-0.2, -0.15) is 0 Å². The molecule has 3 aliphatic rings. The zero-order chi connectivity index (χ0) is 103. The first kappa shape index (κ1) is 126. The van der Waals surface area contributed by atoms with Crippen molar-refractivity contribution in [2.45, 2.75) is 246 Å². The highest BCUT2D eigenvalue weighted by atomic mass is 15.1. The molecule has 0 N–H and O–H groups in total. The van der Waals surface area contributed by atoms with E-state index < -0.39 is 0 Å². The largest absolute Gasteiger partial charge is 0.307 e. The summed E-state index contributed by atoms with van der Waals surface area (Å²) in [5.41, 5.74) is 25.4. The van der Waals surface area contributed by atoms with Gasteiger partial charge >= 0.3 is 0 Å². The molecule has 6 heteroatoms. The molecule has 3 aliphatic carbocycles. The molecule has 0 aliphatic heterocycles. The van der Waals surface area contributed by atoms with Crippen LogP contribution in [0.1, 0.15) is 274 Å². The average Bonchev–Trinajstić information content (AvgIpc) is 1.59. The molecular weight excluding hydrogens is 1670 g/mol. The Morgan fingerprint density at radius 3 is 0.645 bits per heavy atom. The Morgan fingerprint density at radius 2 is 0.362 bits per heavy atom. The Balaban J connectivity index is 0.000000823. The van der Waals surface area contributed by atoms with Crippen LogP contribution in [0.25, 0.3) is 98.0 Å². The molecule has 0 amide bonds. The van der Waals surface area contributed by atoms with Crippen LogP contribution in [0.4, 0.5) is 0 Å². The molecule has 6 nitrogen and oxygen atoms in total. The van der Waals surface area contributed by atoms with Gasteiger partial charge in [0.05, 0.1) is 0 Å². The van der Waals surface area contributed by atoms with Crippen LogP contribution in [0.3, 0.4) is 0 Å². The first-order valence-electron chi connectivity index (χ1n) is 53.8. The van der Waals surface area contributed by atoms with Crippen molar-refractivity contribution in [2.75, 3.05) is 121 Å². The summed E-state index contributed by atoms with van der Waals surface area (Å²) in [5.74, 6) is 0. The molecule has 0 fully saturated rings. The first-order chi connectivity index (χ1) is 67.4. The summed E-state index contributed by atoms with van der Waals surface area (Å²) in [6, 6.07) is 107. The van der Waals surface area contributed by atoms with E-state index in [4.69, 9.17) is 0 Å². The van der Waals surface area contributed by atoms with Crippen LogP contribution in [-0.2, 0) is 38.5 Å². The number of hydrogen-bond donors (Lipinski definition) is 0. The maximum atomic E-state index is 2.42. The standard InChI is InChI=1S/3C28H20.6C5H13N.9C2H6/c1-2-6-19(7-3-1)12-20-10-11-23-16-26-17-24-14-21-8-4-5-9-22(21)15-25(24)18-28(26)27(23)13-20;1-2-6-19(7-3-1)14-20-10-11-22-16-24-18-27-23(17-28(24)26(22)15-20)13-12-21-8-4-5-9-25(21)27;1-2-6-19(7-3-1)14-20-10-11-22-16-24-17-23-13-12-21-8-4-5-9-25(21)27(23)18-28(24)26(22)15-20;6*1-4-6(3)5-2;9*1-2/h1-11,13-15,17-18H,12,16H2;2*1-13,15,17-18H,14,16H2;6*4-5H2,1-3H3;9*1-2H3. The summed E-state index contributed by atoms with van der Waals surface area (Å²) < 4.78 is 0. The maximum absolute atomic E-state index is 2.42. The lowest BCUT2D eigenvalue weighted by molar-refractivity contribution is 0.373. The highest BCUT2D eigenvalue weighted by Gasteiger charge is 2.24. The second-order valence-corrected chi connectivity index (χ2v) is 32.5. The van der Waals surface area contributed by atoms with Crippen LogP contribution in [0.15, 0.2) is 291 Å². The van der Waals surface area contributed by atoms with Crippen molar-refractivity contribution < 1.29 is 0 Å². The van der Waals surface area contributed by atoms with Crippen molar-refractivity contribution in [1.82, 2.24) is 29.4 Å². The Hall–Kier alpha value is -10.4. The monoisotopic (exact) mass is 1860 g/mol. The van der Waals surface area contributed by atoms with Gasteiger partial charge < -0.3 is 29.4 Å². The first-order valence-corrected chi connectivity index (χ1v) is 53.8. The Kier molecular flexibility index (Phi) is 67.9. The van der Waals surface area contributed by atoms with Crippen LogP contribution in [0.5, 0.6) is 0 Å². The minimum absolute atomic E-state index is 0.986. The molecule has 15 aromatic rings. The van der Waals surface area contributed by atoms with Crippen LogP contribution in [0, 0.1) is 0 Å². The summed E-state index contributed by atoms with van der Waals surface area (Å²) >= 11 is 0. The Bertz CT molecular complexity index is 5490. The molecule has 0 atom stereocenters. The van der Waals surface area contributed by atoms with E-state index in [9.17, 15) is 0 Å².